The van der Waals surface area contributed by atoms with Gasteiger partial charge in [-0.15, -0.1) is 11.3 Å². The van der Waals surface area contributed by atoms with Crippen LogP contribution < -0.4 is 5.32 Å². The van der Waals surface area contributed by atoms with Crippen molar-refractivity contribution >= 4 is 22.9 Å². The van der Waals surface area contributed by atoms with Gasteiger partial charge >= 0.3 is 0 Å². The van der Waals surface area contributed by atoms with Crippen LogP contribution in [0.3, 0.4) is 0 Å². The lowest BCUT2D eigenvalue weighted by atomic mass is 10.1. The molecule has 3 aromatic rings. The van der Waals surface area contributed by atoms with E-state index >= 15 is 0 Å². The van der Waals surface area contributed by atoms with Gasteiger partial charge in [-0.3, -0.25) is 4.79 Å². The van der Waals surface area contributed by atoms with Gasteiger partial charge in [0.1, 0.15) is 10.8 Å². The normalized spacial score (nSPS) is 10.6. The predicted molar refractivity (Wildman–Crippen MR) is 95.8 cm³/mol. The minimum absolute atomic E-state index is 0.0941. The Morgan fingerprint density at radius 2 is 1.79 bits per heavy atom. The van der Waals surface area contributed by atoms with Crippen molar-refractivity contribution < 1.29 is 9.18 Å². The number of aryl methyl sites for hydroxylation is 2. The Labute approximate surface area is 144 Å². The average molecular weight is 340 g/mol. The summed E-state index contributed by atoms with van der Waals surface area (Å²) < 4.78 is 13.0. The first-order valence-corrected chi connectivity index (χ1v) is 8.47. The molecular formula is C19H17FN2OS. The van der Waals surface area contributed by atoms with Crippen LogP contribution >= 0.6 is 11.3 Å². The minimum atomic E-state index is -0.275. The second-order valence-electron chi connectivity index (χ2n) is 5.64. The number of thiazole rings is 1. The molecule has 3 rings (SSSR count). The number of aromatic nitrogens is 1. The quantitative estimate of drug-likeness (QED) is 0.745. The molecule has 0 unspecified atom stereocenters. The molecule has 0 aliphatic heterocycles. The Kier molecular flexibility index (Phi) is 4.71. The largest absolute Gasteiger partial charge is 0.325 e. The van der Waals surface area contributed by atoms with Gasteiger partial charge in [-0.25, -0.2) is 9.37 Å². The van der Waals surface area contributed by atoms with E-state index in [-0.39, 0.29) is 18.1 Å². The summed E-state index contributed by atoms with van der Waals surface area (Å²) in [5.74, 6) is -0.369. The molecule has 0 radical (unpaired) electrons. The van der Waals surface area contributed by atoms with Gasteiger partial charge in [-0.2, -0.15) is 0 Å². The van der Waals surface area contributed by atoms with E-state index in [0.717, 1.165) is 27.4 Å². The van der Waals surface area contributed by atoms with Crippen molar-refractivity contribution in [3.63, 3.8) is 0 Å². The lowest BCUT2D eigenvalue weighted by molar-refractivity contribution is -0.115. The first kappa shape index (κ1) is 16.3. The van der Waals surface area contributed by atoms with Crippen molar-refractivity contribution in [1.29, 1.82) is 0 Å². The highest BCUT2D eigenvalue weighted by atomic mass is 32.1. The summed E-state index contributed by atoms with van der Waals surface area (Å²) in [7, 11) is 0. The van der Waals surface area contributed by atoms with E-state index in [4.69, 9.17) is 0 Å². The molecule has 0 aliphatic rings. The van der Waals surface area contributed by atoms with Gasteiger partial charge in [-0.1, -0.05) is 18.2 Å². The molecule has 1 amide bonds. The molecule has 0 aliphatic carbocycles. The molecule has 1 heterocycles. The van der Waals surface area contributed by atoms with E-state index in [2.05, 4.69) is 10.3 Å². The number of carbonyl (C=O) groups excluding carboxylic acids is 1. The van der Waals surface area contributed by atoms with Crippen LogP contribution in [0.25, 0.3) is 10.6 Å². The molecule has 2 aromatic carbocycles. The maximum Gasteiger partial charge on any atom is 0.230 e. The van der Waals surface area contributed by atoms with E-state index in [1.165, 1.54) is 23.5 Å². The zero-order valence-corrected chi connectivity index (χ0v) is 14.3. The molecule has 122 valence electrons. The fourth-order valence-electron chi connectivity index (χ4n) is 2.47. The van der Waals surface area contributed by atoms with Crippen LogP contribution in [0.4, 0.5) is 10.1 Å². The fraction of sp³-hybridized carbons (Fsp3) is 0.158. The summed E-state index contributed by atoms with van der Waals surface area (Å²) in [6.07, 6.45) is 0.214. The number of amides is 1. The maximum absolute atomic E-state index is 13.0. The van der Waals surface area contributed by atoms with Crippen LogP contribution in [0.15, 0.2) is 47.8 Å². The molecule has 1 N–H and O–H groups in total. The van der Waals surface area contributed by atoms with Crippen LogP contribution in [0.2, 0.25) is 0 Å². The number of carbonyl (C=O) groups is 1. The van der Waals surface area contributed by atoms with Crippen molar-refractivity contribution in [3.05, 3.63) is 70.5 Å². The van der Waals surface area contributed by atoms with Crippen LogP contribution in [0.5, 0.6) is 0 Å². The number of hydrogen-bond donors (Lipinski definition) is 1. The number of halogens is 1. The molecule has 5 heteroatoms. The highest BCUT2D eigenvalue weighted by Gasteiger charge is 2.11. The summed E-state index contributed by atoms with van der Waals surface area (Å²) in [5, 5.41) is 5.61. The van der Waals surface area contributed by atoms with Crippen molar-refractivity contribution in [3.8, 4) is 10.6 Å². The van der Waals surface area contributed by atoms with E-state index < -0.39 is 0 Å². The van der Waals surface area contributed by atoms with E-state index in [0.29, 0.717) is 5.69 Å². The van der Waals surface area contributed by atoms with Gasteiger partial charge in [0.2, 0.25) is 5.91 Å². The highest BCUT2D eigenvalue weighted by molar-refractivity contribution is 7.13. The second kappa shape index (κ2) is 6.93. The summed E-state index contributed by atoms with van der Waals surface area (Å²) in [6, 6.07) is 12.1. The zero-order chi connectivity index (χ0) is 17.1. The summed E-state index contributed by atoms with van der Waals surface area (Å²) in [5.41, 5.74) is 4.49. The third kappa shape index (κ3) is 3.68. The van der Waals surface area contributed by atoms with Gasteiger partial charge in [0.25, 0.3) is 0 Å². The number of benzene rings is 2. The number of para-hydroxylation sites is 1. The molecule has 0 spiro atoms. The van der Waals surface area contributed by atoms with E-state index in [9.17, 15) is 9.18 Å². The first-order chi connectivity index (χ1) is 11.5. The maximum atomic E-state index is 13.0. The summed E-state index contributed by atoms with van der Waals surface area (Å²) in [6.45, 7) is 3.94. The Hall–Kier alpha value is -2.53. The molecule has 24 heavy (non-hydrogen) atoms. The highest BCUT2D eigenvalue weighted by Crippen LogP contribution is 2.24. The van der Waals surface area contributed by atoms with E-state index in [1.54, 1.807) is 12.1 Å². The van der Waals surface area contributed by atoms with Crippen molar-refractivity contribution in [2.45, 2.75) is 20.3 Å². The number of anilines is 1. The van der Waals surface area contributed by atoms with Gasteiger partial charge < -0.3 is 5.32 Å². The third-order valence-electron chi connectivity index (χ3n) is 3.73. The van der Waals surface area contributed by atoms with Gasteiger partial charge in [-0.05, 0) is 49.2 Å². The van der Waals surface area contributed by atoms with Crippen molar-refractivity contribution in [1.82, 2.24) is 4.98 Å². The standard InChI is InChI=1S/C19H17FN2OS/c1-12-4-3-5-13(2)18(12)22-17(23)10-16-11-24-19(21-16)14-6-8-15(20)9-7-14/h3-9,11H,10H2,1-2H3,(H,22,23). The van der Waals surface area contributed by atoms with Gasteiger partial charge in [0, 0.05) is 16.6 Å². The number of nitrogens with one attached hydrogen (secondary N) is 1. The monoisotopic (exact) mass is 340 g/mol. The summed E-state index contributed by atoms with van der Waals surface area (Å²) in [4.78, 5) is 16.8. The molecule has 0 atom stereocenters. The number of rotatable bonds is 4. The number of hydrogen-bond acceptors (Lipinski definition) is 3. The van der Waals surface area contributed by atoms with Crippen LogP contribution in [0, 0.1) is 19.7 Å². The summed E-state index contributed by atoms with van der Waals surface area (Å²) >= 11 is 1.45. The number of nitrogens with zero attached hydrogens (tertiary/aromatic N) is 1. The van der Waals surface area contributed by atoms with Gasteiger partial charge in [0.05, 0.1) is 12.1 Å². The van der Waals surface area contributed by atoms with Crippen molar-refractivity contribution in [2.75, 3.05) is 5.32 Å². The molecule has 3 nitrogen and oxygen atoms in total. The molecule has 0 bridgehead atoms. The zero-order valence-electron chi connectivity index (χ0n) is 13.5. The van der Waals surface area contributed by atoms with Crippen LogP contribution in [0.1, 0.15) is 16.8 Å². The van der Waals surface area contributed by atoms with Crippen LogP contribution in [-0.4, -0.2) is 10.9 Å². The second-order valence-corrected chi connectivity index (χ2v) is 6.50. The first-order valence-electron chi connectivity index (χ1n) is 7.59. The SMILES string of the molecule is Cc1cccc(C)c1NC(=O)Cc1csc(-c2ccc(F)cc2)n1. The molecule has 1 aromatic heterocycles. The Balaban J connectivity index is 1.70. The molecular weight excluding hydrogens is 323 g/mol. The smallest absolute Gasteiger partial charge is 0.230 e. The van der Waals surface area contributed by atoms with E-state index in [1.807, 2.05) is 37.4 Å². The Morgan fingerprint density at radius 1 is 1.12 bits per heavy atom. The Bertz CT molecular complexity index is 851. The molecule has 0 fully saturated rings. The Morgan fingerprint density at radius 3 is 2.46 bits per heavy atom. The van der Waals surface area contributed by atoms with Gasteiger partial charge in [0.15, 0.2) is 0 Å². The van der Waals surface area contributed by atoms with Crippen LogP contribution in [-0.2, 0) is 11.2 Å². The predicted octanol–water partition coefficient (Wildman–Crippen LogP) is 4.75. The minimum Gasteiger partial charge on any atom is -0.325 e. The fourth-order valence-corrected chi connectivity index (χ4v) is 3.30. The van der Waals surface area contributed by atoms with Crippen molar-refractivity contribution in [2.24, 2.45) is 0 Å². The topological polar surface area (TPSA) is 42.0 Å². The molecule has 0 saturated carbocycles. The average Bonchev–Trinajstić information content (AvgIpc) is 3.00. The third-order valence-corrected chi connectivity index (χ3v) is 4.67. The molecule has 0 saturated heterocycles. The lowest BCUT2D eigenvalue weighted by Crippen LogP contribution is -2.16. The lowest BCUT2D eigenvalue weighted by Gasteiger charge is -2.10.